The van der Waals surface area contributed by atoms with Crippen molar-refractivity contribution >= 4 is 5.78 Å². The molecule has 0 unspecified atom stereocenters. The van der Waals surface area contributed by atoms with E-state index < -0.39 is 5.89 Å². The van der Waals surface area contributed by atoms with Gasteiger partial charge in [-0.3, -0.25) is 4.79 Å². The lowest BCUT2D eigenvalue weighted by Gasteiger charge is -2.11. The van der Waals surface area contributed by atoms with E-state index in [4.69, 9.17) is 1.37 Å². The number of hydrogen-bond acceptors (Lipinski definition) is 1. The Morgan fingerprint density at radius 2 is 1.94 bits per heavy atom. The Bertz CT molecular complexity index is 618. The summed E-state index contributed by atoms with van der Waals surface area (Å²) < 4.78 is 8.71. The summed E-state index contributed by atoms with van der Waals surface area (Å²) >= 11 is 0. The molecule has 1 aliphatic carbocycles. The van der Waals surface area contributed by atoms with Crippen LogP contribution < -0.4 is 0 Å². The highest BCUT2D eigenvalue weighted by Crippen LogP contribution is 2.38. The van der Waals surface area contributed by atoms with Crippen LogP contribution in [0, 0.1) is 6.92 Å². The van der Waals surface area contributed by atoms with E-state index in [1.54, 1.807) is 0 Å². The maximum Gasteiger partial charge on any atom is 0.164 e. The van der Waals surface area contributed by atoms with Gasteiger partial charge in [-0.2, -0.15) is 0 Å². The summed E-state index contributed by atoms with van der Waals surface area (Å²) in [4.78, 5) is 12.0. The van der Waals surface area contributed by atoms with Gasteiger partial charge in [0.2, 0.25) is 0 Å². The van der Waals surface area contributed by atoms with Gasteiger partial charge in [0.15, 0.2) is 5.78 Å². The predicted octanol–water partition coefficient (Wildman–Crippen LogP) is 3.71. The van der Waals surface area contributed by atoms with Gasteiger partial charge in [-0.15, -0.1) is 0 Å². The molecule has 0 saturated carbocycles. The number of aryl methyl sites for hydroxylation is 1. The van der Waals surface area contributed by atoms with Gasteiger partial charge < -0.3 is 0 Å². The molecule has 0 aromatic heterocycles. The van der Waals surface area contributed by atoms with E-state index in [0.29, 0.717) is 5.56 Å². The number of carbonyl (C=O) groups excluding carboxylic acids is 1. The van der Waals surface area contributed by atoms with Crippen LogP contribution in [0.4, 0.5) is 0 Å². The molecule has 0 fully saturated rings. The van der Waals surface area contributed by atoms with E-state index in [9.17, 15) is 4.79 Å². The van der Waals surface area contributed by atoms with E-state index >= 15 is 0 Å². The van der Waals surface area contributed by atoms with Crippen LogP contribution in [0.5, 0.6) is 0 Å². The van der Waals surface area contributed by atoms with Crippen LogP contribution in [0.25, 0.3) is 0 Å². The predicted molar refractivity (Wildman–Crippen MR) is 68.4 cm³/mol. The van der Waals surface area contributed by atoms with Crippen molar-refractivity contribution in [3.8, 4) is 0 Å². The minimum absolute atomic E-state index is 0.0730. The standard InChI is InChI=1S/C16H14O/c1-11-7-8-13-15(9-11)14(10-16(13)17)12-5-3-2-4-6-12/h2-9,14H,10H2,1H3/t14-/m0/s1/i14D. The van der Waals surface area contributed by atoms with Gasteiger partial charge in [-0.1, -0.05) is 54.1 Å². The molecule has 0 N–H and O–H groups in total. The Labute approximate surface area is 103 Å². The number of hydrogen-bond donors (Lipinski definition) is 0. The first-order valence-corrected chi connectivity index (χ1v) is 5.81. The molecule has 3 rings (SSSR count). The number of ketones is 1. The molecule has 17 heavy (non-hydrogen) atoms. The average molecular weight is 223 g/mol. The fourth-order valence-corrected chi connectivity index (χ4v) is 2.40. The van der Waals surface area contributed by atoms with Gasteiger partial charge in [0.25, 0.3) is 0 Å². The first-order chi connectivity index (χ1) is 8.61. The molecule has 2 aromatic rings. The summed E-state index contributed by atoms with van der Waals surface area (Å²) in [5.41, 5.74) is 3.54. The number of Topliss-reactive ketones (excluding diaryl/α,β-unsaturated/α-hetero) is 1. The van der Waals surface area contributed by atoms with Gasteiger partial charge in [0, 0.05) is 19.2 Å². The maximum absolute atomic E-state index is 12.0. The van der Waals surface area contributed by atoms with Gasteiger partial charge in [0.1, 0.15) is 0 Å². The molecule has 0 radical (unpaired) electrons. The molecule has 0 amide bonds. The third-order valence-corrected chi connectivity index (χ3v) is 3.26. The summed E-state index contributed by atoms with van der Waals surface area (Å²) in [6, 6.07) is 15.4. The summed E-state index contributed by atoms with van der Waals surface area (Å²) in [5, 5.41) is 0. The molecule has 1 atom stereocenters. The monoisotopic (exact) mass is 223 g/mol. The Kier molecular flexibility index (Phi) is 2.08. The molecule has 0 heterocycles. The number of carbonyl (C=O) groups is 1. The second kappa shape index (κ2) is 3.85. The normalized spacial score (nSPS) is 23.4. The lowest BCUT2D eigenvalue weighted by Crippen LogP contribution is -1.96. The molecule has 84 valence electrons. The van der Waals surface area contributed by atoms with Crippen LogP contribution in [0.1, 0.15) is 40.7 Å². The molecule has 0 saturated heterocycles. The Balaban J connectivity index is 2.23. The van der Waals surface area contributed by atoms with Crippen LogP contribution in [0.15, 0.2) is 48.5 Å². The van der Waals surface area contributed by atoms with Gasteiger partial charge >= 0.3 is 0 Å². The lowest BCUT2D eigenvalue weighted by atomic mass is 9.92. The van der Waals surface area contributed by atoms with Crippen LogP contribution in [0.2, 0.25) is 0 Å². The van der Waals surface area contributed by atoms with Crippen molar-refractivity contribution in [3.05, 3.63) is 70.8 Å². The number of rotatable bonds is 1. The second-order valence-electron chi connectivity index (χ2n) is 4.49. The Hall–Kier alpha value is -1.89. The van der Waals surface area contributed by atoms with Crippen LogP contribution >= 0.6 is 0 Å². The zero-order valence-electron chi connectivity index (χ0n) is 10.7. The summed E-state index contributed by atoms with van der Waals surface area (Å²) in [6.45, 7) is 1.99. The van der Waals surface area contributed by atoms with E-state index in [1.165, 1.54) is 0 Å². The van der Waals surface area contributed by atoms with Gasteiger partial charge in [0.05, 0.1) is 0 Å². The largest absolute Gasteiger partial charge is 0.294 e. The van der Waals surface area contributed by atoms with Crippen molar-refractivity contribution in [1.82, 2.24) is 0 Å². The van der Waals surface area contributed by atoms with Gasteiger partial charge in [-0.25, -0.2) is 0 Å². The highest BCUT2D eigenvalue weighted by Gasteiger charge is 2.29. The zero-order chi connectivity index (χ0) is 12.8. The molecule has 0 aliphatic heterocycles. The lowest BCUT2D eigenvalue weighted by molar-refractivity contribution is 0.0991. The van der Waals surface area contributed by atoms with Crippen molar-refractivity contribution in [3.63, 3.8) is 0 Å². The van der Waals surface area contributed by atoms with E-state index in [1.807, 2.05) is 55.5 Å². The van der Waals surface area contributed by atoms with E-state index in [0.717, 1.165) is 16.7 Å². The fraction of sp³-hybridized carbons (Fsp3) is 0.188. The SMILES string of the molecule is [2H][C@@]1(c2ccccc2)CC(=O)c2ccc(C)cc21. The average Bonchev–Trinajstić information content (AvgIpc) is 2.63. The molecular formula is C16H14O. The molecule has 1 nitrogen and oxygen atoms in total. The first-order valence-electron chi connectivity index (χ1n) is 6.31. The van der Waals surface area contributed by atoms with Crippen LogP contribution in [-0.4, -0.2) is 5.78 Å². The van der Waals surface area contributed by atoms with Crippen LogP contribution in [-0.2, 0) is 0 Å². The fourth-order valence-electron chi connectivity index (χ4n) is 2.40. The van der Waals surface area contributed by atoms with Crippen LogP contribution in [0.3, 0.4) is 0 Å². The number of fused-ring (bicyclic) bond motifs is 1. The Morgan fingerprint density at radius 1 is 1.18 bits per heavy atom. The molecular weight excluding hydrogens is 208 g/mol. The molecule has 1 aliphatic rings. The first kappa shape index (κ1) is 9.17. The molecule has 0 spiro atoms. The van der Waals surface area contributed by atoms with E-state index in [-0.39, 0.29) is 12.2 Å². The minimum atomic E-state index is -0.917. The van der Waals surface area contributed by atoms with Crippen molar-refractivity contribution in [2.45, 2.75) is 19.2 Å². The maximum atomic E-state index is 12.0. The minimum Gasteiger partial charge on any atom is -0.294 e. The quantitative estimate of drug-likeness (QED) is 0.720. The van der Waals surface area contributed by atoms with Gasteiger partial charge in [-0.05, 0) is 18.1 Å². The van der Waals surface area contributed by atoms with Crippen molar-refractivity contribution in [1.29, 1.82) is 0 Å². The Morgan fingerprint density at radius 3 is 2.71 bits per heavy atom. The molecule has 1 heteroatoms. The summed E-state index contributed by atoms with van der Waals surface area (Å²) in [6.07, 6.45) is 0.246. The van der Waals surface area contributed by atoms with E-state index in [2.05, 4.69) is 0 Å². The zero-order valence-corrected chi connectivity index (χ0v) is 9.73. The smallest absolute Gasteiger partial charge is 0.164 e. The third kappa shape index (κ3) is 1.68. The molecule has 2 aromatic carbocycles. The van der Waals surface area contributed by atoms with Crippen molar-refractivity contribution in [2.24, 2.45) is 0 Å². The summed E-state index contributed by atoms with van der Waals surface area (Å²) in [7, 11) is 0. The molecule has 0 bridgehead atoms. The second-order valence-corrected chi connectivity index (χ2v) is 4.49. The topological polar surface area (TPSA) is 17.1 Å². The third-order valence-electron chi connectivity index (χ3n) is 3.26. The van der Waals surface area contributed by atoms with Crippen molar-refractivity contribution < 1.29 is 6.17 Å². The summed E-state index contributed by atoms with van der Waals surface area (Å²) in [5.74, 6) is -0.844. The highest BCUT2D eigenvalue weighted by atomic mass is 16.1. The highest BCUT2D eigenvalue weighted by molar-refractivity contribution is 6.02. The van der Waals surface area contributed by atoms with Crippen molar-refractivity contribution in [2.75, 3.05) is 0 Å². The number of benzene rings is 2.